The van der Waals surface area contributed by atoms with Crippen molar-refractivity contribution in [1.29, 1.82) is 0 Å². The van der Waals surface area contributed by atoms with Gasteiger partial charge in [-0.15, -0.1) is 0 Å². The highest BCUT2D eigenvalue weighted by atomic mass is 35.5. The fourth-order valence-corrected chi connectivity index (χ4v) is 9.40. The molecule has 0 aromatic heterocycles. The Labute approximate surface area is 329 Å². The fourth-order valence-electron chi connectivity index (χ4n) is 8.07. The highest BCUT2D eigenvalue weighted by Crippen LogP contribution is 2.49. The normalized spacial score (nSPS) is 19.5. The summed E-state index contributed by atoms with van der Waals surface area (Å²) >= 11 is 7.22. The van der Waals surface area contributed by atoms with Gasteiger partial charge in [0.2, 0.25) is 5.69 Å². The summed E-state index contributed by atoms with van der Waals surface area (Å²) in [5, 5.41) is 0.674. The monoisotopic (exact) mass is 795 g/mol. The Balaban J connectivity index is 1.27. The van der Waals surface area contributed by atoms with Crippen molar-refractivity contribution in [3.8, 4) is 0 Å². The lowest BCUT2D eigenvalue weighted by molar-refractivity contribution is -0.455. The predicted octanol–water partition coefficient (Wildman–Crippen LogP) is 9.80. The van der Waals surface area contributed by atoms with Crippen LogP contribution in [-0.2, 0) is 44.2 Å². The number of halogens is 1. The quantitative estimate of drug-likeness (QED) is 0.128. The molecule has 284 valence electrons. The van der Waals surface area contributed by atoms with Crippen LogP contribution >= 0.6 is 11.6 Å². The zero-order valence-electron chi connectivity index (χ0n) is 31.2. The number of anilines is 1. The van der Waals surface area contributed by atoms with Gasteiger partial charge < -0.3 is 4.90 Å². The molecule has 0 saturated heterocycles. The van der Waals surface area contributed by atoms with Gasteiger partial charge in [-0.3, -0.25) is 9.11 Å². The van der Waals surface area contributed by atoms with Crippen molar-refractivity contribution in [2.24, 2.45) is 0 Å². The molecule has 3 aliphatic rings. The van der Waals surface area contributed by atoms with Crippen LogP contribution in [0.15, 0.2) is 153 Å². The third-order valence-corrected chi connectivity index (χ3v) is 13.2. The first-order chi connectivity index (χ1) is 26.0. The third kappa shape index (κ3) is 7.54. The molecule has 0 spiro atoms. The van der Waals surface area contributed by atoms with Gasteiger partial charge in [0.1, 0.15) is 0 Å². The summed E-state index contributed by atoms with van der Waals surface area (Å²) in [4.78, 5) is 1.92. The lowest BCUT2D eigenvalue weighted by Crippen LogP contribution is -2.27. The van der Waals surface area contributed by atoms with E-state index in [0.29, 0.717) is 18.1 Å². The Morgan fingerprint density at radius 3 is 1.96 bits per heavy atom. The van der Waals surface area contributed by atoms with E-state index in [-0.39, 0.29) is 9.79 Å². The van der Waals surface area contributed by atoms with Crippen LogP contribution in [0.2, 0.25) is 0 Å². The van der Waals surface area contributed by atoms with Gasteiger partial charge in [-0.1, -0.05) is 98.3 Å². The van der Waals surface area contributed by atoms with Crippen LogP contribution in [0.3, 0.4) is 0 Å². The number of hydrogen-bond acceptors (Lipinski definition) is 5. The summed E-state index contributed by atoms with van der Waals surface area (Å²) in [7, 11) is -8.78. The van der Waals surface area contributed by atoms with Gasteiger partial charge in [0.15, 0.2) is 12.3 Å². The molecule has 11 heteroatoms. The number of fused-ring (bicyclic) bond motifs is 2. The maximum absolute atomic E-state index is 12.1. The minimum Gasteiger partial charge on any atom is -0.340 e. The average molecular weight is 796 g/mol. The first-order valence-corrected chi connectivity index (χ1v) is 21.4. The Morgan fingerprint density at radius 1 is 0.727 bits per heavy atom. The summed E-state index contributed by atoms with van der Waals surface area (Å²) in [6.45, 7) is 9.36. The number of rotatable bonds is 9. The lowest BCUT2D eigenvalue weighted by Gasteiger charge is -2.27. The molecule has 0 radical (unpaired) electrons. The molecule has 2 aliphatic heterocycles. The smallest absolute Gasteiger partial charge is 0.294 e. The van der Waals surface area contributed by atoms with Crippen molar-refractivity contribution < 1.29 is 30.5 Å². The van der Waals surface area contributed by atoms with E-state index in [2.05, 4.69) is 85.7 Å². The van der Waals surface area contributed by atoms with E-state index >= 15 is 0 Å². The zero-order chi connectivity index (χ0) is 39.3. The molecule has 0 saturated carbocycles. The SMILES string of the molecule is CC1(C)C(/C=C/C2=C(Cl)C(=C\C=C3\N(Cc4ccccc4)c4ccc(S(=O)(=O)O)cc4C3(C)C)/CCC2)=[N+](Cc2ccccc2)c2ccc(S(=O)(=O)O)cc21. The van der Waals surface area contributed by atoms with E-state index in [1.165, 1.54) is 12.1 Å². The van der Waals surface area contributed by atoms with E-state index in [1.54, 1.807) is 24.3 Å². The molecule has 4 aromatic carbocycles. The topological polar surface area (TPSA) is 115 Å². The second-order valence-corrected chi connectivity index (χ2v) is 18.6. The van der Waals surface area contributed by atoms with Crippen LogP contribution in [0.1, 0.15) is 69.2 Å². The largest absolute Gasteiger partial charge is 0.340 e. The summed E-state index contributed by atoms with van der Waals surface area (Å²) in [6.07, 6.45) is 10.8. The molecule has 2 N–H and O–H groups in total. The second kappa shape index (κ2) is 14.5. The van der Waals surface area contributed by atoms with Gasteiger partial charge in [0.05, 0.1) is 15.2 Å². The van der Waals surface area contributed by atoms with E-state index in [4.69, 9.17) is 11.6 Å². The Kier molecular flexibility index (Phi) is 10.2. The van der Waals surface area contributed by atoms with Crippen molar-refractivity contribution in [3.63, 3.8) is 0 Å². The zero-order valence-corrected chi connectivity index (χ0v) is 33.6. The van der Waals surface area contributed by atoms with Crippen molar-refractivity contribution >= 4 is 48.9 Å². The molecular formula is C44H44ClN2O6S2+. The molecule has 7 rings (SSSR count). The van der Waals surface area contributed by atoms with E-state index < -0.39 is 31.1 Å². The van der Waals surface area contributed by atoms with Crippen molar-refractivity contribution in [1.82, 2.24) is 0 Å². The van der Waals surface area contributed by atoms with Gasteiger partial charge in [-0.05, 0) is 91.8 Å². The lowest BCUT2D eigenvalue weighted by atomic mass is 9.81. The molecular weight excluding hydrogens is 752 g/mol. The maximum Gasteiger partial charge on any atom is 0.294 e. The van der Waals surface area contributed by atoms with Gasteiger partial charge in [-0.25, -0.2) is 0 Å². The van der Waals surface area contributed by atoms with Crippen molar-refractivity contribution in [2.75, 3.05) is 4.90 Å². The second-order valence-electron chi connectivity index (χ2n) is 15.4. The maximum atomic E-state index is 12.1. The van der Waals surface area contributed by atoms with Crippen molar-refractivity contribution in [3.05, 3.63) is 165 Å². The summed E-state index contributed by atoms with van der Waals surface area (Å²) < 4.78 is 70.5. The molecule has 0 bridgehead atoms. The Morgan fingerprint density at radius 2 is 1.33 bits per heavy atom. The molecule has 8 nitrogen and oxygen atoms in total. The van der Waals surface area contributed by atoms with E-state index in [0.717, 1.165) is 75.4 Å². The number of nitrogens with zero attached hydrogens (tertiary/aromatic N) is 2. The van der Waals surface area contributed by atoms with E-state index in [9.17, 15) is 25.9 Å². The van der Waals surface area contributed by atoms with Gasteiger partial charge in [-0.2, -0.15) is 21.4 Å². The molecule has 0 atom stereocenters. The third-order valence-electron chi connectivity index (χ3n) is 11.0. The number of allylic oxidation sites excluding steroid dienone is 8. The van der Waals surface area contributed by atoms with Crippen LogP contribution in [0, 0.1) is 0 Å². The molecule has 55 heavy (non-hydrogen) atoms. The first-order valence-electron chi connectivity index (χ1n) is 18.2. The summed E-state index contributed by atoms with van der Waals surface area (Å²) in [5.41, 5.74) is 8.29. The van der Waals surface area contributed by atoms with Crippen LogP contribution in [0.4, 0.5) is 11.4 Å². The van der Waals surface area contributed by atoms with Crippen LogP contribution in [0.5, 0.6) is 0 Å². The number of hydrogen-bond donors (Lipinski definition) is 2. The molecule has 2 heterocycles. The number of benzene rings is 4. The average Bonchev–Trinajstić information content (AvgIpc) is 3.48. The van der Waals surface area contributed by atoms with Gasteiger partial charge in [0, 0.05) is 51.6 Å². The highest BCUT2D eigenvalue weighted by molar-refractivity contribution is 7.86. The van der Waals surface area contributed by atoms with Crippen LogP contribution in [0.25, 0.3) is 0 Å². The summed E-state index contributed by atoms with van der Waals surface area (Å²) in [5.74, 6) is 0. The van der Waals surface area contributed by atoms with Gasteiger partial charge >= 0.3 is 0 Å². The van der Waals surface area contributed by atoms with Crippen LogP contribution < -0.4 is 4.90 Å². The van der Waals surface area contributed by atoms with Gasteiger partial charge in [0.25, 0.3) is 20.2 Å². The highest BCUT2D eigenvalue weighted by Gasteiger charge is 2.45. The Bertz CT molecular complexity index is 2570. The molecule has 0 amide bonds. The van der Waals surface area contributed by atoms with Crippen LogP contribution in [-0.4, -0.2) is 36.2 Å². The fraction of sp³-hybridized carbons (Fsp3) is 0.250. The van der Waals surface area contributed by atoms with E-state index in [1.807, 2.05) is 36.4 Å². The first kappa shape index (κ1) is 38.7. The minimum absolute atomic E-state index is 0.138. The standard InChI is InChI=1S/C44H43ClN2O6S2/c1-43(2)36-26-34(54(48,49)50)20-22-38(36)46(28-30-12-7-5-8-13-30)40(43)24-18-32-16-11-17-33(42(32)45)19-25-41-44(3,4)37-27-35(55(51,52)53)21-23-39(37)47(41)29-31-14-9-6-10-15-31/h5-10,12-15,18-27H,11,16-17,28-29H2,1-4H3,(H-,48,49,50,51,52,53)/p+1. The molecule has 1 aliphatic carbocycles. The molecule has 0 fully saturated rings. The minimum atomic E-state index is -4.39. The molecule has 0 unspecified atom stereocenters. The Hall–Kier alpha value is -4.58. The molecule has 4 aromatic rings. The predicted molar refractivity (Wildman–Crippen MR) is 218 cm³/mol. The van der Waals surface area contributed by atoms with Crippen molar-refractivity contribution in [2.45, 2.75) is 80.7 Å². The summed E-state index contributed by atoms with van der Waals surface area (Å²) in [6, 6.07) is 29.7.